The summed E-state index contributed by atoms with van der Waals surface area (Å²) >= 11 is 0. The maximum absolute atomic E-state index is 5.01. The van der Waals surface area contributed by atoms with Crippen LogP contribution < -0.4 is 5.32 Å². The molecule has 0 unspecified atom stereocenters. The molecule has 126 valence electrons. The van der Waals surface area contributed by atoms with E-state index in [0.717, 1.165) is 19.0 Å². The summed E-state index contributed by atoms with van der Waals surface area (Å²) in [5, 5.41) is 3.54. The zero-order valence-corrected chi connectivity index (χ0v) is 14.6. The largest absolute Gasteiger partial charge is 0.357 e. The number of nitrogens with one attached hydrogen (secondary N) is 1. The van der Waals surface area contributed by atoms with Crippen molar-refractivity contribution in [2.45, 2.75) is 51.9 Å². The summed E-state index contributed by atoms with van der Waals surface area (Å²) < 4.78 is 0. The molecule has 4 nitrogen and oxygen atoms in total. The zero-order valence-electron chi connectivity index (χ0n) is 14.6. The summed E-state index contributed by atoms with van der Waals surface area (Å²) in [6, 6.07) is 0. The Morgan fingerprint density at radius 1 is 1.14 bits per heavy atom. The first-order valence-electron chi connectivity index (χ1n) is 9.43. The zero-order chi connectivity index (χ0) is 15.4. The third-order valence-corrected chi connectivity index (χ3v) is 6.07. The van der Waals surface area contributed by atoms with Crippen LogP contribution in [0.15, 0.2) is 4.99 Å². The van der Waals surface area contributed by atoms with Crippen LogP contribution in [-0.4, -0.2) is 62.1 Å². The standard InChI is InChI=1S/C18H34N4/c1-3-19-17(20-14-16-6-11-21(2)12-7-16)22-13-10-18(15-22)8-4-5-9-18/h16H,3-15H2,1-2H3,(H,19,20). The van der Waals surface area contributed by atoms with Crippen molar-refractivity contribution < 1.29 is 0 Å². The van der Waals surface area contributed by atoms with Crippen LogP contribution in [0.4, 0.5) is 0 Å². The Balaban J connectivity index is 1.56. The van der Waals surface area contributed by atoms with Crippen LogP contribution in [0.25, 0.3) is 0 Å². The highest BCUT2D eigenvalue weighted by Crippen LogP contribution is 2.45. The van der Waals surface area contributed by atoms with Crippen molar-refractivity contribution in [1.82, 2.24) is 15.1 Å². The Bertz CT molecular complexity index is 379. The quantitative estimate of drug-likeness (QED) is 0.642. The molecule has 1 saturated carbocycles. The van der Waals surface area contributed by atoms with Gasteiger partial charge in [-0.25, -0.2) is 0 Å². The first-order chi connectivity index (χ1) is 10.7. The van der Waals surface area contributed by atoms with E-state index in [2.05, 4.69) is 29.1 Å². The second kappa shape index (κ2) is 7.20. The van der Waals surface area contributed by atoms with Crippen LogP contribution >= 0.6 is 0 Å². The second-order valence-corrected chi connectivity index (χ2v) is 7.82. The predicted molar refractivity (Wildman–Crippen MR) is 93.3 cm³/mol. The van der Waals surface area contributed by atoms with Crippen LogP contribution in [0, 0.1) is 11.3 Å². The molecule has 2 heterocycles. The molecule has 2 aliphatic heterocycles. The molecule has 3 aliphatic rings. The molecule has 3 fully saturated rings. The second-order valence-electron chi connectivity index (χ2n) is 7.82. The molecular weight excluding hydrogens is 272 g/mol. The highest BCUT2D eigenvalue weighted by molar-refractivity contribution is 5.80. The molecule has 1 aliphatic carbocycles. The molecule has 0 radical (unpaired) electrons. The third kappa shape index (κ3) is 3.76. The number of hydrogen-bond acceptors (Lipinski definition) is 2. The number of nitrogens with zero attached hydrogens (tertiary/aromatic N) is 3. The molecule has 1 spiro atoms. The molecule has 2 saturated heterocycles. The van der Waals surface area contributed by atoms with Gasteiger partial charge in [-0.2, -0.15) is 0 Å². The molecule has 0 bridgehead atoms. The Labute approximate surface area is 136 Å². The Morgan fingerprint density at radius 2 is 1.86 bits per heavy atom. The van der Waals surface area contributed by atoms with Crippen molar-refractivity contribution in [2.24, 2.45) is 16.3 Å². The lowest BCUT2D eigenvalue weighted by Gasteiger charge is -2.29. The topological polar surface area (TPSA) is 30.9 Å². The summed E-state index contributed by atoms with van der Waals surface area (Å²) in [4.78, 5) is 10.00. The van der Waals surface area contributed by atoms with Gasteiger partial charge in [0.1, 0.15) is 0 Å². The van der Waals surface area contributed by atoms with Crippen LogP contribution in [0.3, 0.4) is 0 Å². The molecule has 4 heteroatoms. The van der Waals surface area contributed by atoms with E-state index >= 15 is 0 Å². The smallest absolute Gasteiger partial charge is 0.193 e. The average Bonchev–Trinajstić information content (AvgIpc) is 3.16. The number of aliphatic imine (C=N–C) groups is 1. The molecular formula is C18H34N4. The molecule has 1 N–H and O–H groups in total. The lowest BCUT2D eigenvalue weighted by Crippen LogP contribution is -2.41. The third-order valence-electron chi connectivity index (χ3n) is 6.07. The van der Waals surface area contributed by atoms with Gasteiger partial charge in [0, 0.05) is 26.2 Å². The van der Waals surface area contributed by atoms with E-state index in [4.69, 9.17) is 4.99 Å². The van der Waals surface area contributed by atoms with Gasteiger partial charge in [0.2, 0.25) is 0 Å². The summed E-state index contributed by atoms with van der Waals surface area (Å²) in [6.07, 6.45) is 9.77. The SMILES string of the molecule is CCNC(=NCC1CCN(C)CC1)N1CCC2(CCCC2)C1. The first-order valence-corrected chi connectivity index (χ1v) is 9.43. The highest BCUT2D eigenvalue weighted by atomic mass is 15.3. The molecule has 3 rings (SSSR count). The summed E-state index contributed by atoms with van der Waals surface area (Å²) in [5.41, 5.74) is 0.629. The first kappa shape index (κ1) is 16.1. The van der Waals surface area contributed by atoms with Gasteiger partial charge in [0.05, 0.1) is 0 Å². The number of rotatable bonds is 3. The fourth-order valence-corrected chi connectivity index (χ4v) is 4.54. The monoisotopic (exact) mass is 306 g/mol. The Morgan fingerprint density at radius 3 is 2.55 bits per heavy atom. The number of piperidine rings is 1. The Kier molecular flexibility index (Phi) is 5.27. The van der Waals surface area contributed by atoms with Gasteiger partial charge in [-0.05, 0) is 70.5 Å². The van der Waals surface area contributed by atoms with Crippen LogP contribution in [-0.2, 0) is 0 Å². The molecule has 0 aromatic heterocycles. The van der Waals surface area contributed by atoms with Crippen molar-refractivity contribution in [1.29, 1.82) is 0 Å². The van der Waals surface area contributed by atoms with Gasteiger partial charge in [0.15, 0.2) is 5.96 Å². The highest BCUT2D eigenvalue weighted by Gasteiger charge is 2.41. The van der Waals surface area contributed by atoms with Crippen molar-refractivity contribution in [3.05, 3.63) is 0 Å². The van der Waals surface area contributed by atoms with E-state index < -0.39 is 0 Å². The Hall–Kier alpha value is -0.770. The van der Waals surface area contributed by atoms with Gasteiger partial charge in [-0.15, -0.1) is 0 Å². The molecule has 0 amide bonds. The normalized spacial score (nSPS) is 27.0. The fourth-order valence-electron chi connectivity index (χ4n) is 4.54. The van der Waals surface area contributed by atoms with E-state index in [9.17, 15) is 0 Å². The van der Waals surface area contributed by atoms with Crippen LogP contribution in [0.1, 0.15) is 51.9 Å². The summed E-state index contributed by atoms with van der Waals surface area (Å²) in [6.45, 7) is 9.11. The minimum absolute atomic E-state index is 0.629. The summed E-state index contributed by atoms with van der Waals surface area (Å²) in [5.74, 6) is 1.97. The average molecular weight is 306 g/mol. The van der Waals surface area contributed by atoms with Crippen molar-refractivity contribution in [3.8, 4) is 0 Å². The number of hydrogen-bond donors (Lipinski definition) is 1. The minimum Gasteiger partial charge on any atom is -0.357 e. The van der Waals surface area contributed by atoms with Gasteiger partial charge >= 0.3 is 0 Å². The maximum atomic E-state index is 5.01. The molecule has 0 aromatic carbocycles. The number of guanidine groups is 1. The maximum Gasteiger partial charge on any atom is 0.193 e. The van der Waals surface area contributed by atoms with Crippen LogP contribution in [0.5, 0.6) is 0 Å². The van der Waals surface area contributed by atoms with Crippen molar-refractivity contribution in [3.63, 3.8) is 0 Å². The summed E-state index contributed by atoms with van der Waals surface area (Å²) in [7, 11) is 2.23. The van der Waals surface area contributed by atoms with Crippen molar-refractivity contribution >= 4 is 5.96 Å². The molecule has 0 aromatic rings. The van der Waals surface area contributed by atoms with E-state index in [1.165, 1.54) is 77.1 Å². The van der Waals surface area contributed by atoms with Gasteiger partial charge in [-0.3, -0.25) is 4.99 Å². The van der Waals surface area contributed by atoms with Crippen LogP contribution in [0.2, 0.25) is 0 Å². The van der Waals surface area contributed by atoms with Gasteiger partial charge in [-0.1, -0.05) is 12.8 Å². The van der Waals surface area contributed by atoms with Gasteiger partial charge < -0.3 is 15.1 Å². The van der Waals surface area contributed by atoms with E-state index in [-0.39, 0.29) is 0 Å². The van der Waals surface area contributed by atoms with E-state index in [1.807, 2.05) is 0 Å². The van der Waals surface area contributed by atoms with E-state index in [1.54, 1.807) is 0 Å². The predicted octanol–water partition coefficient (Wildman–Crippen LogP) is 2.56. The molecule has 22 heavy (non-hydrogen) atoms. The molecule has 0 atom stereocenters. The lowest BCUT2D eigenvalue weighted by atomic mass is 9.86. The van der Waals surface area contributed by atoms with Crippen molar-refractivity contribution in [2.75, 3.05) is 46.3 Å². The van der Waals surface area contributed by atoms with E-state index in [0.29, 0.717) is 5.41 Å². The van der Waals surface area contributed by atoms with Gasteiger partial charge in [0.25, 0.3) is 0 Å². The lowest BCUT2D eigenvalue weighted by molar-refractivity contribution is 0.223. The fraction of sp³-hybridized carbons (Fsp3) is 0.944. The minimum atomic E-state index is 0.629. The number of likely N-dealkylation sites (tertiary alicyclic amines) is 2.